The van der Waals surface area contributed by atoms with Gasteiger partial charge in [-0.25, -0.2) is 9.97 Å². The minimum absolute atomic E-state index is 0.419. The summed E-state index contributed by atoms with van der Waals surface area (Å²) < 4.78 is 0. The van der Waals surface area contributed by atoms with Gasteiger partial charge in [-0.2, -0.15) is 0 Å². The van der Waals surface area contributed by atoms with Crippen molar-refractivity contribution in [1.29, 1.82) is 0 Å². The predicted molar refractivity (Wildman–Crippen MR) is 180 cm³/mol. The molecule has 1 heterocycles. The first-order valence-electron chi connectivity index (χ1n) is 14.3. The summed E-state index contributed by atoms with van der Waals surface area (Å²) >= 11 is 6.47. The lowest BCUT2D eigenvalue weighted by Gasteiger charge is -2.19. The molecule has 7 aromatic rings. The van der Waals surface area contributed by atoms with Gasteiger partial charge >= 0.3 is 0 Å². The summed E-state index contributed by atoms with van der Waals surface area (Å²) in [5.74, 6) is 0.612. The lowest BCUT2D eigenvalue weighted by Crippen LogP contribution is -1.94. The standard InChI is InChI=1S/C40H27ClN2/c41-38-27-37(42-40(43-38)33-19-11-4-12-20-33)31-21-23-32(24-22-31)39-35(29-15-7-2-8-16-29)25-34(28-13-5-1-6-14-28)26-36(39)30-17-9-3-10-18-30/h1-27H. The molecule has 0 unspecified atom stereocenters. The predicted octanol–water partition coefficient (Wildman–Crippen LogP) is 11.1. The van der Waals surface area contributed by atoms with E-state index in [2.05, 4.69) is 132 Å². The molecule has 0 saturated heterocycles. The Bertz CT molecular complexity index is 1930. The van der Waals surface area contributed by atoms with Gasteiger partial charge in [-0.15, -0.1) is 0 Å². The van der Waals surface area contributed by atoms with Gasteiger partial charge in [0.15, 0.2) is 5.82 Å². The molecular formula is C40H27ClN2. The zero-order valence-corrected chi connectivity index (χ0v) is 24.1. The molecule has 0 spiro atoms. The van der Waals surface area contributed by atoms with E-state index in [9.17, 15) is 0 Å². The maximum atomic E-state index is 6.47. The maximum Gasteiger partial charge on any atom is 0.161 e. The lowest BCUT2D eigenvalue weighted by atomic mass is 9.84. The van der Waals surface area contributed by atoms with E-state index in [1.807, 2.05) is 36.4 Å². The second-order valence-electron chi connectivity index (χ2n) is 10.4. The van der Waals surface area contributed by atoms with Crippen LogP contribution < -0.4 is 0 Å². The highest BCUT2D eigenvalue weighted by atomic mass is 35.5. The van der Waals surface area contributed by atoms with E-state index in [4.69, 9.17) is 16.6 Å². The van der Waals surface area contributed by atoms with Crippen LogP contribution in [0.4, 0.5) is 0 Å². The van der Waals surface area contributed by atoms with Gasteiger partial charge in [0.25, 0.3) is 0 Å². The van der Waals surface area contributed by atoms with Crippen LogP contribution in [0.1, 0.15) is 0 Å². The van der Waals surface area contributed by atoms with Crippen LogP contribution in [0.15, 0.2) is 164 Å². The molecule has 3 heteroatoms. The number of nitrogens with zero attached hydrogens (tertiary/aromatic N) is 2. The van der Waals surface area contributed by atoms with Crippen molar-refractivity contribution in [2.24, 2.45) is 0 Å². The molecule has 0 bridgehead atoms. The largest absolute Gasteiger partial charge is 0.228 e. The molecule has 0 radical (unpaired) electrons. The summed E-state index contributed by atoms with van der Waals surface area (Å²) in [6.07, 6.45) is 0. The molecule has 43 heavy (non-hydrogen) atoms. The first kappa shape index (κ1) is 26.6. The Labute approximate surface area is 257 Å². The SMILES string of the molecule is Clc1cc(-c2ccc(-c3c(-c4ccccc4)cc(-c4ccccc4)cc3-c3ccccc3)cc2)nc(-c2ccccc2)n1. The zero-order valence-electron chi connectivity index (χ0n) is 23.4. The minimum atomic E-state index is 0.419. The number of benzene rings is 6. The van der Waals surface area contributed by atoms with Gasteiger partial charge in [-0.3, -0.25) is 0 Å². The third kappa shape index (κ3) is 5.61. The van der Waals surface area contributed by atoms with Crippen molar-refractivity contribution in [3.63, 3.8) is 0 Å². The van der Waals surface area contributed by atoms with Crippen LogP contribution in [0.3, 0.4) is 0 Å². The van der Waals surface area contributed by atoms with Gasteiger partial charge < -0.3 is 0 Å². The number of hydrogen-bond donors (Lipinski definition) is 0. The molecule has 0 saturated carbocycles. The van der Waals surface area contributed by atoms with Crippen LogP contribution in [0.2, 0.25) is 5.15 Å². The first-order chi connectivity index (χ1) is 21.2. The third-order valence-electron chi connectivity index (χ3n) is 7.61. The van der Waals surface area contributed by atoms with Crippen molar-refractivity contribution in [3.8, 4) is 67.2 Å². The Morgan fingerprint density at radius 2 is 0.791 bits per heavy atom. The fraction of sp³-hybridized carbons (Fsp3) is 0. The van der Waals surface area contributed by atoms with Crippen molar-refractivity contribution in [1.82, 2.24) is 9.97 Å². The smallest absolute Gasteiger partial charge is 0.161 e. The molecule has 0 amide bonds. The molecule has 7 rings (SSSR count). The summed E-state index contributed by atoms with van der Waals surface area (Å²) in [5.41, 5.74) is 12.1. The highest BCUT2D eigenvalue weighted by Crippen LogP contribution is 2.43. The lowest BCUT2D eigenvalue weighted by molar-refractivity contribution is 1.18. The van der Waals surface area contributed by atoms with Crippen molar-refractivity contribution < 1.29 is 0 Å². The van der Waals surface area contributed by atoms with Gasteiger partial charge in [-0.1, -0.05) is 157 Å². The van der Waals surface area contributed by atoms with E-state index in [-0.39, 0.29) is 0 Å². The normalized spacial score (nSPS) is 10.9. The Balaban J connectivity index is 1.40. The van der Waals surface area contributed by atoms with E-state index in [1.165, 1.54) is 38.9 Å². The van der Waals surface area contributed by atoms with Gasteiger partial charge in [0.1, 0.15) is 5.15 Å². The summed E-state index contributed by atoms with van der Waals surface area (Å²) in [7, 11) is 0. The van der Waals surface area contributed by atoms with E-state index in [0.29, 0.717) is 11.0 Å². The van der Waals surface area contributed by atoms with Gasteiger partial charge in [0.05, 0.1) is 5.69 Å². The average molecular weight is 571 g/mol. The molecule has 1 aromatic heterocycles. The quantitative estimate of drug-likeness (QED) is 0.186. The minimum Gasteiger partial charge on any atom is -0.228 e. The highest BCUT2D eigenvalue weighted by molar-refractivity contribution is 6.29. The summed E-state index contributed by atoms with van der Waals surface area (Å²) in [6, 6.07) is 56.8. The van der Waals surface area contributed by atoms with E-state index in [1.54, 1.807) is 0 Å². The van der Waals surface area contributed by atoms with Crippen molar-refractivity contribution in [2.75, 3.05) is 0 Å². The van der Waals surface area contributed by atoms with Crippen LogP contribution in [0.5, 0.6) is 0 Å². The van der Waals surface area contributed by atoms with E-state index in [0.717, 1.165) is 22.4 Å². The molecule has 0 aliphatic rings. The molecule has 0 N–H and O–H groups in total. The fourth-order valence-electron chi connectivity index (χ4n) is 5.53. The van der Waals surface area contributed by atoms with Crippen LogP contribution >= 0.6 is 11.6 Å². The molecule has 0 aliphatic heterocycles. The Morgan fingerprint density at radius 3 is 1.30 bits per heavy atom. The fourth-order valence-corrected chi connectivity index (χ4v) is 5.71. The zero-order chi connectivity index (χ0) is 29.0. The maximum absolute atomic E-state index is 6.47. The monoisotopic (exact) mass is 570 g/mol. The summed E-state index contributed by atoms with van der Waals surface area (Å²) in [5, 5.41) is 0.419. The van der Waals surface area contributed by atoms with Crippen LogP contribution in [0, 0.1) is 0 Å². The van der Waals surface area contributed by atoms with Gasteiger partial charge in [0.2, 0.25) is 0 Å². The van der Waals surface area contributed by atoms with Gasteiger partial charge in [0, 0.05) is 17.2 Å². The first-order valence-corrected chi connectivity index (χ1v) is 14.7. The Kier molecular flexibility index (Phi) is 7.35. The molecule has 0 aliphatic carbocycles. The van der Waals surface area contributed by atoms with E-state index >= 15 is 0 Å². The number of rotatable bonds is 6. The molecule has 2 nitrogen and oxygen atoms in total. The third-order valence-corrected chi connectivity index (χ3v) is 7.80. The number of aromatic nitrogens is 2. The van der Waals surface area contributed by atoms with E-state index < -0.39 is 0 Å². The number of halogens is 1. The summed E-state index contributed by atoms with van der Waals surface area (Å²) in [6.45, 7) is 0. The second-order valence-corrected chi connectivity index (χ2v) is 10.8. The van der Waals surface area contributed by atoms with Crippen molar-refractivity contribution in [3.05, 3.63) is 169 Å². The average Bonchev–Trinajstić information content (AvgIpc) is 3.09. The molecule has 204 valence electrons. The Morgan fingerprint density at radius 1 is 0.349 bits per heavy atom. The molecular weight excluding hydrogens is 544 g/mol. The second kappa shape index (κ2) is 11.9. The summed E-state index contributed by atoms with van der Waals surface area (Å²) in [4.78, 5) is 9.33. The molecule has 0 fully saturated rings. The van der Waals surface area contributed by atoms with Crippen LogP contribution in [-0.2, 0) is 0 Å². The molecule has 0 atom stereocenters. The van der Waals surface area contributed by atoms with Crippen LogP contribution in [-0.4, -0.2) is 9.97 Å². The Hall–Kier alpha value is -5.31. The highest BCUT2D eigenvalue weighted by Gasteiger charge is 2.17. The van der Waals surface area contributed by atoms with Gasteiger partial charge in [-0.05, 0) is 56.6 Å². The molecule has 6 aromatic carbocycles. The van der Waals surface area contributed by atoms with Crippen molar-refractivity contribution >= 4 is 11.6 Å². The van der Waals surface area contributed by atoms with Crippen LogP contribution in [0.25, 0.3) is 67.2 Å². The number of hydrogen-bond acceptors (Lipinski definition) is 2. The topological polar surface area (TPSA) is 25.8 Å². The van der Waals surface area contributed by atoms with Crippen molar-refractivity contribution in [2.45, 2.75) is 0 Å².